The van der Waals surface area contributed by atoms with Gasteiger partial charge in [0, 0.05) is 0 Å². The fourth-order valence-electron chi connectivity index (χ4n) is 2.25. The summed E-state index contributed by atoms with van der Waals surface area (Å²) in [7, 11) is 0. The molecule has 0 aliphatic carbocycles. The SMILES string of the molecule is O=C(CSCC(=O)N/N=C/c1cccc(C(F)(F)F)c1)N/N=C/c1cccc(C(F)(F)F)c1. The van der Waals surface area contributed by atoms with Crippen molar-refractivity contribution >= 4 is 36.0 Å². The van der Waals surface area contributed by atoms with Crippen LogP contribution >= 0.6 is 11.8 Å². The lowest BCUT2D eigenvalue weighted by Crippen LogP contribution is -2.23. The summed E-state index contributed by atoms with van der Waals surface area (Å²) in [6.07, 6.45) is -6.90. The van der Waals surface area contributed by atoms with E-state index in [9.17, 15) is 35.9 Å². The quantitative estimate of drug-likeness (QED) is 0.333. The molecule has 2 aromatic carbocycles. The van der Waals surface area contributed by atoms with Gasteiger partial charge in [-0.15, -0.1) is 11.8 Å². The molecule has 13 heteroatoms. The maximum absolute atomic E-state index is 12.6. The van der Waals surface area contributed by atoms with Gasteiger partial charge in [0.1, 0.15) is 0 Å². The third kappa shape index (κ3) is 9.35. The Labute approximate surface area is 188 Å². The number of thioether (sulfide) groups is 1. The number of amides is 2. The zero-order valence-corrected chi connectivity index (χ0v) is 17.4. The Balaban J connectivity index is 1.71. The molecule has 0 aromatic heterocycles. The van der Waals surface area contributed by atoms with Gasteiger partial charge in [-0.2, -0.15) is 36.5 Å². The molecule has 0 aliphatic rings. The molecule has 2 N–H and O–H groups in total. The predicted octanol–water partition coefficient (Wildman–Crippen LogP) is 4.06. The van der Waals surface area contributed by atoms with Crippen LogP contribution in [0.4, 0.5) is 26.3 Å². The van der Waals surface area contributed by atoms with Crippen LogP contribution in [0.5, 0.6) is 0 Å². The number of rotatable bonds is 8. The van der Waals surface area contributed by atoms with Crippen LogP contribution in [0.25, 0.3) is 0 Å². The van der Waals surface area contributed by atoms with Crippen LogP contribution in [-0.4, -0.2) is 35.7 Å². The van der Waals surface area contributed by atoms with E-state index in [0.29, 0.717) is 0 Å². The fraction of sp³-hybridized carbons (Fsp3) is 0.200. The molecule has 0 bridgehead atoms. The van der Waals surface area contributed by atoms with Crippen LogP contribution in [0.3, 0.4) is 0 Å². The number of carbonyl (C=O) groups excluding carboxylic acids is 2. The molecule has 0 saturated carbocycles. The van der Waals surface area contributed by atoms with Crippen LogP contribution in [0.15, 0.2) is 58.7 Å². The Kier molecular flexibility index (Phi) is 9.02. The molecule has 33 heavy (non-hydrogen) atoms. The standard InChI is InChI=1S/C20H16F6N4O2S/c21-19(22,23)15-5-1-3-13(7-15)9-27-29-17(31)11-33-12-18(32)30-28-10-14-4-2-6-16(8-14)20(24,25)26/h1-10H,11-12H2,(H,29,31)(H,30,32)/b27-9+,28-10+. The number of nitrogens with one attached hydrogen (secondary N) is 2. The summed E-state index contributed by atoms with van der Waals surface area (Å²) >= 11 is 0.904. The van der Waals surface area contributed by atoms with Crippen LogP contribution < -0.4 is 10.9 Å². The van der Waals surface area contributed by atoms with Crippen molar-refractivity contribution in [3.05, 3.63) is 70.8 Å². The van der Waals surface area contributed by atoms with Gasteiger partial charge in [0.15, 0.2) is 0 Å². The Morgan fingerprint density at radius 1 is 0.758 bits per heavy atom. The van der Waals surface area contributed by atoms with Gasteiger partial charge in [-0.3, -0.25) is 9.59 Å². The monoisotopic (exact) mass is 490 g/mol. The van der Waals surface area contributed by atoms with E-state index in [2.05, 4.69) is 21.1 Å². The summed E-state index contributed by atoms with van der Waals surface area (Å²) in [4.78, 5) is 23.3. The molecule has 0 unspecified atom stereocenters. The minimum absolute atomic E-state index is 0.135. The molecule has 0 atom stereocenters. The van der Waals surface area contributed by atoms with Gasteiger partial charge in [0.2, 0.25) is 11.8 Å². The molecule has 176 valence electrons. The molecule has 2 rings (SSSR count). The summed E-state index contributed by atoms with van der Waals surface area (Å²) in [6, 6.07) is 8.71. The molecule has 0 saturated heterocycles. The maximum Gasteiger partial charge on any atom is 0.416 e. The Bertz CT molecular complexity index is 956. The van der Waals surface area contributed by atoms with E-state index < -0.39 is 35.3 Å². The Hall–Kier alpha value is -3.35. The molecule has 2 aromatic rings. The minimum Gasteiger partial charge on any atom is -0.272 e. The number of hydrogen-bond donors (Lipinski definition) is 2. The predicted molar refractivity (Wildman–Crippen MR) is 112 cm³/mol. The molecule has 0 radical (unpaired) electrons. The molecule has 0 fully saturated rings. The van der Waals surface area contributed by atoms with E-state index in [1.54, 1.807) is 0 Å². The second-order valence-corrected chi connectivity index (χ2v) is 7.31. The molecule has 0 spiro atoms. The average Bonchev–Trinajstić information content (AvgIpc) is 2.73. The zero-order chi connectivity index (χ0) is 24.5. The summed E-state index contributed by atoms with van der Waals surface area (Å²) in [5, 5.41) is 7.12. The van der Waals surface area contributed by atoms with Crippen molar-refractivity contribution in [2.75, 3.05) is 11.5 Å². The van der Waals surface area contributed by atoms with Gasteiger partial charge < -0.3 is 0 Å². The first-order valence-corrected chi connectivity index (χ1v) is 10.2. The Morgan fingerprint density at radius 3 is 1.52 bits per heavy atom. The highest BCUT2D eigenvalue weighted by Gasteiger charge is 2.30. The van der Waals surface area contributed by atoms with Crippen molar-refractivity contribution in [2.24, 2.45) is 10.2 Å². The first-order valence-electron chi connectivity index (χ1n) is 9.01. The van der Waals surface area contributed by atoms with E-state index in [0.717, 1.165) is 48.5 Å². The van der Waals surface area contributed by atoms with Crippen LogP contribution in [0, 0.1) is 0 Å². The molecular weight excluding hydrogens is 474 g/mol. The zero-order valence-electron chi connectivity index (χ0n) is 16.6. The second kappa shape index (κ2) is 11.5. The van der Waals surface area contributed by atoms with Crippen molar-refractivity contribution in [3.63, 3.8) is 0 Å². The van der Waals surface area contributed by atoms with E-state index in [1.807, 2.05) is 0 Å². The number of benzene rings is 2. The second-order valence-electron chi connectivity index (χ2n) is 6.33. The third-order valence-corrected chi connectivity index (χ3v) is 4.63. The molecule has 0 heterocycles. The first-order chi connectivity index (χ1) is 15.4. The number of hydrazone groups is 2. The molecular formula is C20H16F6N4O2S. The highest BCUT2D eigenvalue weighted by atomic mass is 32.2. The third-order valence-electron chi connectivity index (χ3n) is 3.70. The summed E-state index contributed by atoms with van der Waals surface area (Å²) < 4.78 is 75.9. The van der Waals surface area contributed by atoms with Crippen LogP contribution in [0.2, 0.25) is 0 Å². The van der Waals surface area contributed by atoms with E-state index in [4.69, 9.17) is 0 Å². The van der Waals surface area contributed by atoms with Gasteiger partial charge >= 0.3 is 12.4 Å². The normalized spacial score (nSPS) is 12.3. The number of hydrogen-bond acceptors (Lipinski definition) is 5. The topological polar surface area (TPSA) is 82.9 Å². The number of carbonyl (C=O) groups is 2. The highest BCUT2D eigenvalue weighted by Crippen LogP contribution is 2.30. The van der Waals surface area contributed by atoms with Gasteiger partial charge in [-0.05, 0) is 35.4 Å². The van der Waals surface area contributed by atoms with Crippen LogP contribution in [-0.2, 0) is 21.9 Å². The lowest BCUT2D eigenvalue weighted by Gasteiger charge is -2.06. The van der Waals surface area contributed by atoms with E-state index >= 15 is 0 Å². The molecule has 0 aliphatic heterocycles. The minimum atomic E-state index is -4.50. The fourth-order valence-corrected chi connectivity index (χ4v) is 2.85. The van der Waals surface area contributed by atoms with Gasteiger partial charge in [0.05, 0.1) is 35.1 Å². The highest BCUT2D eigenvalue weighted by molar-refractivity contribution is 8.00. The maximum atomic E-state index is 12.6. The van der Waals surface area contributed by atoms with Crippen molar-refractivity contribution < 1.29 is 35.9 Å². The summed E-state index contributed by atoms with van der Waals surface area (Å²) in [5.41, 5.74) is 2.81. The lowest BCUT2D eigenvalue weighted by molar-refractivity contribution is -0.138. The van der Waals surface area contributed by atoms with Gasteiger partial charge in [-0.25, -0.2) is 10.9 Å². The number of nitrogens with zero attached hydrogens (tertiary/aromatic N) is 2. The Morgan fingerprint density at radius 2 is 1.15 bits per heavy atom. The molecule has 2 amide bonds. The summed E-state index contributed by atoms with van der Waals surface area (Å²) in [6.45, 7) is 0. The molecule has 6 nitrogen and oxygen atoms in total. The largest absolute Gasteiger partial charge is 0.416 e. The average molecular weight is 490 g/mol. The van der Waals surface area contributed by atoms with E-state index in [-0.39, 0.29) is 22.6 Å². The van der Waals surface area contributed by atoms with Crippen molar-refractivity contribution in [1.29, 1.82) is 0 Å². The smallest absolute Gasteiger partial charge is 0.272 e. The van der Waals surface area contributed by atoms with E-state index in [1.165, 1.54) is 24.3 Å². The lowest BCUT2D eigenvalue weighted by atomic mass is 10.1. The van der Waals surface area contributed by atoms with Crippen molar-refractivity contribution in [1.82, 2.24) is 10.9 Å². The number of halogens is 6. The van der Waals surface area contributed by atoms with Crippen LogP contribution in [0.1, 0.15) is 22.3 Å². The van der Waals surface area contributed by atoms with Gasteiger partial charge in [-0.1, -0.05) is 24.3 Å². The number of alkyl halides is 6. The van der Waals surface area contributed by atoms with Gasteiger partial charge in [0.25, 0.3) is 0 Å². The van der Waals surface area contributed by atoms with Crippen molar-refractivity contribution in [3.8, 4) is 0 Å². The first kappa shape index (κ1) is 25.9. The summed E-state index contributed by atoms with van der Waals surface area (Å²) in [5.74, 6) is -1.54. The van der Waals surface area contributed by atoms with Crippen molar-refractivity contribution in [2.45, 2.75) is 12.4 Å².